The monoisotopic (exact) mass is 491 g/mol. The van der Waals surface area contributed by atoms with Crippen LogP contribution in [0.4, 0.5) is 18.9 Å². The molecule has 3 aromatic heterocycles. The van der Waals surface area contributed by atoms with Gasteiger partial charge in [0, 0.05) is 43.4 Å². The minimum Gasteiger partial charge on any atom is -0.373 e. The maximum Gasteiger partial charge on any atom is 0.433 e. The number of aliphatic hydroxyl groups is 1. The van der Waals surface area contributed by atoms with Crippen LogP contribution in [0.3, 0.4) is 0 Å². The van der Waals surface area contributed by atoms with E-state index in [-0.39, 0.29) is 11.6 Å². The number of aromatic amines is 1. The summed E-state index contributed by atoms with van der Waals surface area (Å²) >= 11 is 0. The smallest absolute Gasteiger partial charge is 0.373 e. The lowest BCUT2D eigenvalue weighted by Gasteiger charge is -2.37. The minimum atomic E-state index is -4.64. The van der Waals surface area contributed by atoms with Crippen molar-refractivity contribution in [3.8, 4) is 0 Å². The second kappa shape index (κ2) is 9.25. The Balaban J connectivity index is 1.21. The second-order valence-corrected chi connectivity index (χ2v) is 9.20. The van der Waals surface area contributed by atoms with E-state index >= 15 is 0 Å². The number of alkyl halides is 3. The van der Waals surface area contributed by atoms with E-state index in [9.17, 15) is 23.1 Å². The summed E-state index contributed by atoms with van der Waals surface area (Å²) in [5, 5.41) is 12.6. The van der Waals surface area contributed by atoms with Crippen LogP contribution in [0.1, 0.15) is 48.5 Å². The van der Waals surface area contributed by atoms with E-state index in [2.05, 4.69) is 30.1 Å². The molecule has 2 atom stereocenters. The number of hydrogen-bond acceptors (Lipinski definition) is 7. The Labute approximate surface area is 199 Å². The molecule has 2 fully saturated rings. The number of hydrogen-bond donors (Lipinski definition) is 3. The first kappa shape index (κ1) is 23.8. The van der Waals surface area contributed by atoms with Crippen LogP contribution in [0.5, 0.6) is 0 Å². The van der Waals surface area contributed by atoms with Crippen LogP contribution >= 0.6 is 0 Å². The van der Waals surface area contributed by atoms with Crippen molar-refractivity contribution in [2.45, 2.75) is 43.6 Å². The summed E-state index contributed by atoms with van der Waals surface area (Å²) in [6.07, 6.45) is -0.133. The lowest BCUT2D eigenvalue weighted by atomic mass is 10.0. The molecule has 5 heterocycles. The first-order valence-corrected chi connectivity index (χ1v) is 11.7. The molecule has 0 aromatic carbocycles. The Morgan fingerprint density at radius 3 is 2.57 bits per heavy atom. The summed E-state index contributed by atoms with van der Waals surface area (Å²) in [6.45, 7) is 3.40. The second-order valence-electron chi connectivity index (χ2n) is 9.20. The van der Waals surface area contributed by atoms with Crippen LogP contribution in [0.15, 0.2) is 35.4 Å². The summed E-state index contributed by atoms with van der Waals surface area (Å²) in [7, 11) is 1.67. The predicted octanol–water partition coefficient (Wildman–Crippen LogP) is 2.10. The van der Waals surface area contributed by atoms with Crippen molar-refractivity contribution in [1.29, 1.82) is 0 Å². The Morgan fingerprint density at radius 2 is 1.91 bits per heavy atom. The molecule has 0 amide bonds. The number of pyridine rings is 1. The van der Waals surface area contributed by atoms with Gasteiger partial charge in [-0.05, 0) is 45.0 Å². The molecule has 0 saturated carbocycles. The van der Waals surface area contributed by atoms with Gasteiger partial charge in [0.15, 0.2) is 5.69 Å². The van der Waals surface area contributed by atoms with Crippen molar-refractivity contribution in [1.82, 2.24) is 29.6 Å². The number of likely N-dealkylation sites (tertiary alicyclic amines) is 1. The largest absolute Gasteiger partial charge is 0.433 e. The fourth-order valence-corrected chi connectivity index (χ4v) is 5.21. The SMILES string of the molecule is CNC(O)c1ccc(N2CCC(N3CCC(c4cc5ncc(C(F)(F)F)n5c(=O)[nH]4)C3)CC2)cn1. The van der Waals surface area contributed by atoms with Crippen LogP contribution in [0.2, 0.25) is 0 Å². The van der Waals surface area contributed by atoms with E-state index in [0.29, 0.717) is 28.0 Å². The van der Waals surface area contributed by atoms with Crippen molar-refractivity contribution < 1.29 is 18.3 Å². The van der Waals surface area contributed by atoms with Crippen molar-refractivity contribution in [2.24, 2.45) is 0 Å². The van der Waals surface area contributed by atoms with Crippen LogP contribution < -0.4 is 15.9 Å². The van der Waals surface area contributed by atoms with Crippen LogP contribution in [-0.2, 0) is 6.18 Å². The third-order valence-corrected chi connectivity index (χ3v) is 7.15. The molecule has 0 radical (unpaired) electrons. The maximum atomic E-state index is 13.2. The van der Waals surface area contributed by atoms with Gasteiger partial charge in [0.1, 0.15) is 11.9 Å². The maximum absolute atomic E-state index is 13.2. The number of aromatic nitrogens is 4. The number of H-pyrrole nitrogens is 1. The number of piperidine rings is 1. The summed E-state index contributed by atoms with van der Waals surface area (Å²) in [4.78, 5) is 28.0. The number of aliphatic hydroxyl groups excluding tert-OH is 1. The van der Waals surface area contributed by atoms with E-state index in [1.54, 1.807) is 19.3 Å². The van der Waals surface area contributed by atoms with E-state index in [0.717, 1.165) is 51.1 Å². The molecule has 0 aliphatic carbocycles. The number of fused-ring (bicyclic) bond motifs is 1. The molecule has 3 aromatic rings. The lowest BCUT2D eigenvalue weighted by molar-refractivity contribution is -0.142. The zero-order valence-electron chi connectivity index (χ0n) is 19.3. The van der Waals surface area contributed by atoms with E-state index < -0.39 is 23.8 Å². The highest BCUT2D eigenvalue weighted by Gasteiger charge is 2.36. The van der Waals surface area contributed by atoms with Crippen molar-refractivity contribution in [3.63, 3.8) is 0 Å². The molecule has 9 nitrogen and oxygen atoms in total. The lowest BCUT2D eigenvalue weighted by Crippen LogP contribution is -2.44. The highest BCUT2D eigenvalue weighted by Crippen LogP contribution is 2.32. The molecule has 0 bridgehead atoms. The molecule has 2 aliphatic heterocycles. The average Bonchev–Trinajstić information content (AvgIpc) is 3.52. The van der Waals surface area contributed by atoms with E-state index in [4.69, 9.17) is 0 Å². The van der Waals surface area contributed by atoms with Gasteiger partial charge in [-0.3, -0.25) is 15.2 Å². The number of nitrogens with one attached hydrogen (secondary N) is 2. The molecule has 0 spiro atoms. The quantitative estimate of drug-likeness (QED) is 0.470. The Kier molecular flexibility index (Phi) is 6.28. The highest BCUT2D eigenvalue weighted by molar-refractivity contribution is 5.45. The van der Waals surface area contributed by atoms with Gasteiger partial charge in [-0.15, -0.1) is 0 Å². The van der Waals surface area contributed by atoms with Gasteiger partial charge in [-0.25, -0.2) is 14.2 Å². The first-order chi connectivity index (χ1) is 16.7. The van der Waals surface area contributed by atoms with Gasteiger partial charge in [-0.2, -0.15) is 13.2 Å². The number of anilines is 1. The van der Waals surface area contributed by atoms with Crippen LogP contribution in [0.25, 0.3) is 5.65 Å². The standard InChI is InChI=1S/C23H28F3N7O2/c1-27-21(34)17-3-2-16(11-28-17)31-8-5-15(6-9-31)32-7-4-14(13-32)18-10-20-29-12-19(23(24,25)26)33(20)22(35)30-18/h2-3,10-12,14-15,21,27,34H,4-9,13H2,1H3,(H,30,35). The Bertz CT molecular complexity index is 1230. The van der Waals surface area contributed by atoms with E-state index in [1.165, 1.54) is 0 Å². The summed E-state index contributed by atoms with van der Waals surface area (Å²) < 4.78 is 40.0. The highest BCUT2D eigenvalue weighted by atomic mass is 19.4. The molecule has 2 unspecified atom stereocenters. The number of imidazole rings is 1. The molecule has 2 aliphatic rings. The molecule has 12 heteroatoms. The van der Waals surface area contributed by atoms with Crippen molar-refractivity contribution >= 4 is 11.3 Å². The molecule has 2 saturated heterocycles. The van der Waals surface area contributed by atoms with Gasteiger partial charge >= 0.3 is 11.9 Å². The molecule has 188 valence electrons. The zero-order valence-corrected chi connectivity index (χ0v) is 19.3. The topological polar surface area (TPSA) is 102 Å². The minimum absolute atomic E-state index is 0.0182. The fourth-order valence-electron chi connectivity index (χ4n) is 5.21. The fraction of sp³-hybridized carbons (Fsp3) is 0.522. The van der Waals surface area contributed by atoms with Crippen molar-refractivity contribution in [3.05, 3.63) is 58.2 Å². The molecular formula is C23H28F3N7O2. The summed E-state index contributed by atoms with van der Waals surface area (Å²) in [6, 6.07) is 5.77. The average molecular weight is 492 g/mol. The van der Waals surface area contributed by atoms with E-state index in [1.807, 2.05) is 12.1 Å². The van der Waals surface area contributed by atoms with Crippen LogP contribution in [-0.4, -0.2) is 68.6 Å². The van der Waals surface area contributed by atoms with Gasteiger partial charge in [-0.1, -0.05) is 0 Å². The summed E-state index contributed by atoms with van der Waals surface area (Å²) in [5.41, 5.74) is 0.384. The molecule has 3 N–H and O–H groups in total. The number of halogens is 3. The van der Waals surface area contributed by atoms with Gasteiger partial charge < -0.3 is 15.0 Å². The first-order valence-electron chi connectivity index (χ1n) is 11.7. The Hall–Kier alpha value is -2.96. The van der Waals surface area contributed by atoms with Gasteiger partial charge in [0.05, 0.1) is 23.8 Å². The zero-order chi connectivity index (χ0) is 24.7. The number of nitrogens with zero attached hydrogens (tertiary/aromatic N) is 5. The molecule has 35 heavy (non-hydrogen) atoms. The van der Waals surface area contributed by atoms with Gasteiger partial charge in [0.25, 0.3) is 0 Å². The third kappa shape index (κ3) is 4.65. The molecular weight excluding hydrogens is 463 g/mol. The summed E-state index contributed by atoms with van der Waals surface area (Å²) in [5.74, 6) is 0.0483. The normalized spacial score (nSPS) is 21.2. The number of rotatable bonds is 5. The van der Waals surface area contributed by atoms with Crippen LogP contribution in [0, 0.1) is 0 Å². The predicted molar refractivity (Wildman–Crippen MR) is 123 cm³/mol. The molecule has 5 rings (SSSR count). The third-order valence-electron chi connectivity index (χ3n) is 7.15. The van der Waals surface area contributed by atoms with Gasteiger partial charge in [0.2, 0.25) is 0 Å². The Morgan fingerprint density at radius 1 is 1.14 bits per heavy atom. The van der Waals surface area contributed by atoms with Crippen molar-refractivity contribution in [2.75, 3.05) is 38.1 Å².